The van der Waals surface area contributed by atoms with Crippen molar-refractivity contribution in [2.75, 3.05) is 54.5 Å². The zero-order chi connectivity index (χ0) is 50.8. The first-order valence-electron chi connectivity index (χ1n) is 27.0. The van der Waals surface area contributed by atoms with E-state index in [1.165, 1.54) is 49.8 Å². The number of hydrogen-bond donors (Lipinski definition) is 4. The highest BCUT2D eigenvalue weighted by atomic mass is 32.2. The van der Waals surface area contributed by atoms with Crippen LogP contribution in [0.25, 0.3) is 11.0 Å². The number of para-hydroxylation sites is 1. The molecule has 3 aliphatic carbocycles. The number of nitro groups is 1. The Bertz CT molecular complexity index is 3030. The average molecular weight is 1030 g/mol. The number of H-pyrrole nitrogens is 1. The molecule has 6 fully saturated rings. The van der Waals surface area contributed by atoms with E-state index in [9.17, 15) is 28.4 Å². The molecule has 3 saturated heterocycles. The Morgan fingerprint density at radius 2 is 1.74 bits per heavy atom. The molecule has 3 saturated carbocycles. The summed E-state index contributed by atoms with van der Waals surface area (Å²) in [5, 5.41) is 26.8. The number of nitrogens with one attached hydrogen (secondary N) is 3. The number of carbonyl (C=O) groups excluding carboxylic acids is 1. The van der Waals surface area contributed by atoms with Crippen molar-refractivity contribution in [2.45, 2.75) is 144 Å². The van der Waals surface area contributed by atoms with E-state index < -0.39 is 43.1 Å². The number of hydrogen-bond acceptors (Lipinski definition) is 14. The molecule has 4 aliphatic heterocycles. The molecule has 4 N–H and O–H groups in total. The standard InChI is InChI=1S/C56H68N8O9S/c1-55(66)20-16-36(17-21-55)34-58-44-15-13-41(31-48(44)64(67)68)74(69,70)60-53(65)43-14-12-38(30-47(43)63-46-19-28-71-35-51(46)73-54-49(63)29-37-18-24-57-52(37)59-54)61-26-22-56(23-27-61)32-39(33-56)62-25-5-4-10-45(62)42-9-2-3-11-50(42)72-40-7-6-8-40/h2-3,9,11-15,18,24,29-31,36,39-40,45-46,51,58,66H,4-8,10,16-17,19-23,25-28,32-35H2,1H3,(H,57,59)(H,60,65)/t36-,45-,46-,51-,55-/m0/s1. The van der Waals surface area contributed by atoms with Crippen LogP contribution in [0.2, 0.25) is 0 Å². The molecule has 74 heavy (non-hydrogen) atoms. The number of sulfonamides is 1. The molecule has 2 aromatic heterocycles. The molecule has 18 heteroatoms. The van der Waals surface area contributed by atoms with E-state index in [4.69, 9.17) is 19.2 Å². The molecular weight excluding hydrogens is 961 g/mol. The zero-order valence-corrected chi connectivity index (χ0v) is 43.0. The van der Waals surface area contributed by atoms with Crippen LogP contribution in [-0.4, -0.2) is 109 Å². The number of anilines is 4. The minimum atomic E-state index is -4.62. The predicted octanol–water partition coefficient (Wildman–Crippen LogP) is 9.54. The fourth-order valence-electron chi connectivity index (χ4n) is 13.1. The van der Waals surface area contributed by atoms with Crippen molar-refractivity contribution in [2.24, 2.45) is 11.3 Å². The summed E-state index contributed by atoms with van der Waals surface area (Å²) < 4.78 is 49.7. The second-order valence-corrected chi connectivity index (χ2v) is 24.3. The normalized spacial score (nSPS) is 26.3. The molecule has 0 radical (unpaired) electrons. The van der Waals surface area contributed by atoms with Crippen LogP contribution in [0.15, 0.2) is 83.9 Å². The van der Waals surface area contributed by atoms with Crippen LogP contribution in [-0.2, 0) is 14.8 Å². The van der Waals surface area contributed by atoms with Crippen molar-refractivity contribution >= 4 is 55.4 Å². The fourth-order valence-corrected chi connectivity index (χ4v) is 14.1. The number of ether oxygens (including phenoxy) is 3. The number of aliphatic hydroxyl groups is 1. The van der Waals surface area contributed by atoms with E-state index in [2.05, 4.69) is 54.0 Å². The van der Waals surface area contributed by atoms with Gasteiger partial charge in [-0.1, -0.05) is 24.6 Å². The first kappa shape index (κ1) is 49.0. The molecule has 0 unspecified atom stereocenters. The molecule has 7 aliphatic rings. The Morgan fingerprint density at radius 1 is 0.932 bits per heavy atom. The quantitative estimate of drug-likeness (QED) is 0.0641. The summed E-state index contributed by atoms with van der Waals surface area (Å²) in [6.45, 7) is 5.82. The average Bonchev–Trinajstić information content (AvgIpc) is 3.84. The van der Waals surface area contributed by atoms with Crippen LogP contribution >= 0.6 is 0 Å². The van der Waals surface area contributed by atoms with E-state index in [1.807, 2.05) is 37.4 Å². The summed E-state index contributed by atoms with van der Waals surface area (Å²) in [6, 6.07) is 22.5. The lowest BCUT2D eigenvalue weighted by atomic mass is 9.59. The summed E-state index contributed by atoms with van der Waals surface area (Å²) in [4.78, 5) is 41.4. The first-order valence-corrected chi connectivity index (χ1v) is 28.5. The van der Waals surface area contributed by atoms with E-state index in [0.29, 0.717) is 80.1 Å². The van der Waals surface area contributed by atoms with Gasteiger partial charge in [0.1, 0.15) is 28.9 Å². The highest BCUT2D eigenvalue weighted by Crippen LogP contribution is 2.55. The maximum atomic E-state index is 14.7. The van der Waals surface area contributed by atoms with Crippen molar-refractivity contribution in [3.05, 3.63) is 100 Å². The van der Waals surface area contributed by atoms with Gasteiger partial charge >= 0.3 is 0 Å². The SMILES string of the molecule is C[C@]1(O)CC[C@H](CNc2ccc(S(=O)(=O)NC(=O)c3ccc(N4CCC5(CC4)CC(N4CCCC[C@H]4c4ccccc4OC4CCC4)C5)cc3N3c4cc5cc[nH]c5nc4O[C@H]4COCC[C@@H]43)cc2[N+](=O)[O-])CC1. The number of amides is 1. The maximum Gasteiger partial charge on any atom is 0.293 e. The Balaban J connectivity index is 0.805. The number of fused-ring (bicyclic) bond motifs is 3. The van der Waals surface area contributed by atoms with Crippen LogP contribution in [0.3, 0.4) is 0 Å². The van der Waals surface area contributed by atoms with Gasteiger partial charge in [0.15, 0.2) is 0 Å². The van der Waals surface area contributed by atoms with Crippen molar-refractivity contribution in [1.82, 2.24) is 19.6 Å². The third kappa shape index (κ3) is 9.55. The number of benzene rings is 3. The number of nitro benzene ring substituents is 1. The number of pyridine rings is 1. The van der Waals surface area contributed by atoms with Gasteiger partial charge in [-0.25, -0.2) is 13.1 Å². The van der Waals surface area contributed by atoms with Crippen LogP contribution in [0, 0.1) is 21.4 Å². The van der Waals surface area contributed by atoms with E-state index in [0.717, 1.165) is 87.5 Å². The fraction of sp³-hybridized carbons (Fsp3) is 0.536. The third-order valence-corrected chi connectivity index (χ3v) is 19.0. The predicted molar refractivity (Wildman–Crippen MR) is 282 cm³/mol. The number of aromatic nitrogens is 2. The Hall–Kier alpha value is -5.95. The molecule has 1 amide bonds. The number of aromatic amines is 1. The number of piperidine rings is 2. The second-order valence-electron chi connectivity index (χ2n) is 22.6. The largest absolute Gasteiger partial charge is 0.490 e. The molecule has 0 bridgehead atoms. The van der Waals surface area contributed by atoms with Gasteiger partial charge in [0, 0.05) is 67.2 Å². The summed E-state index contributed by atoms with van der Waals surface area (Å²) in [6.07, 6.45) is 16.7. The minimum absolute atomic E-state index is 0.120. The Morgan fingerprint density at radius 3 is 2.53 bits per heavy atom. The molecule has 12 rings (SSSR count). The molecular formula is C56H68N8O9S. The molecule has 1 spiro atoms. The van der Waals surface area contributed by atoms with Crippen LogP contribution in [0.4, 0.5) is 28.4 Å². The molecule has 3 atom stereocenters. The molecule has 6 heterocycles. The Labute approximate surface area is 432 Å². The van der Waals surface area contributed by atoms with Crippen LogP contribution in [0.5, 0.6) is 11.6 Å². The van der Waals surface area contributed by atoms with Gasteiger partial charge in [0.2, 0.25) is 5.88 Å². The smallest absolute Gasteiger partial charge is 0.293 e. The lowest BCUT2D eigenvalue weighted by molar-refractivity contribution is -0.384. The molecule has 5 aromatic rings. The van der Waals surface area contributed by atoms with Crippen LogP contribution in [0.1, 0.15) is 125 Å². The Kier molecular flexibility index (Phi) is 13.0. The van der Waals surface area contributed by atoms with E-state index in [1.54, 1.807) is 6.07 Å². The van der Waals surface area contributed by atoms with Gasteiger partial charge in [-0.05, 0) is 163 Å². The molecule has 17 nitrogen and oxygen atoms in total. The van der Waals surface area contributed by atoms with Crippen molar-refractivity contribution < 1.29 is 37.5 Å². The first-order chi connectivity index (χ1) is 35.8. The second kappa shape index (κ2) is 19.6. The number of nitrogens with zero attached hydrogens (tertiary/aromatic N) is 5. The highest BCUT2D eigenvalue weighted by Gasteiger charge is 2.50. The summed E-state index contributed by atoms with van der Waals surface area (Å²) >= 11 is 0. The third-order valence-electron chi connectivity index (χ3n) is 17.7. The minimum Gasteiger partial charge on any atom is -0.490 e. The number of carbonyl (C=O) groups is 1. The monoisotopic (exact) mass is 1030 g/mol. The van der Waals surface area contributed by atoms with Gasteiger partial charge < -0.3 is 39.4 Å². The van der Waals surface area contributed by atoms with Crippen molar-refractivity contribution in [3.63, 3.8) is 0 Å². The van der Waals surface area contributed by atoms with E-state index in [-0.39, 0.29) is 28.6 Å². The van der Waals surface area contributed by atoms with Crippen molar-refractivity contribution in [3.8, 4) is 11.6 Å². The highest BCUT2D eigenvalue weighted by molar-refractivity contribution is 7.90. The van der Waals surface area contributed by atoms with Crippen molar-refractivity contribution in [1.29, 1.82) is 0 Å². The van der Waals surface area contributed by atoms with Crippen LogP contribution < -0.4 is 29.3 Å². The maximum absolute atomic E-state index is 14.7. The summed E-state index contributed by atoms with van der Waals surface area (Å²) in [5.41, 5.74) is 3.50. The zero-order valence-electron chi connectivity index (χ0n) is 42.2. The topological polar surface area (TPSA) is 205 Å². The summed E-state index contributed by atoms with van der Waals surface area (Å²) in [5.74, 6) is 0.764. The number of rotatable bonds is 13. The van der Waals surface area contributed by atoms with Gasteiger partial charge in [-0.2, -0.15) is 4.98 Å². The molecule has 392 valence electrons. The lowest BCUT2D eigenvalue weighted by Crippen LogP contribution is -2.56. The van der Waals surface area contributed by atoms with Gasteiger partial charge in [-0.3, -0.25) is 19.8 Å². The van der Waals surface area contributed by atoms with E-state index >= 15 is 0 Å². The number of likely N-dealkylation sites (tertiary alicyclic amines) is 1. The summed E-state index contributed by atoms with van der Waals surface area (Å²) in [7, 11) is -4.62. The van der Waals surface area contributed by atoms with Gasteiger partial charge in [0.05, 0.1) is 45.4 Å². The van der Waals surface area contributed by atoms with Gasteiger partial charge in [0.25, 0.3) is 21.6 Å². The lowest BCUT2D eigenvalue weighted by Gasteiger charge is -2.57. The molecule has 3 aromatic carbocycles. The van der Waals surface area contributed by atoms with Gasteiger partial charge in [-0.15, -0.1) is 0 Å².